The van der Waals surface area contributed by atoms with E-state index < -0.39 is 0 Å². The molecule has 0 aliphatic heterocycles. The fraction of sp³-hybridized carbons (Fsp3) is 0.524. The average Bonchev–Trinajstić information content (AvgIpc) is 2.64. The Labute approximate surface area is 155 Å². The first-order valence-corrected chi connectivity index (χ1v) is 9.40. The molecule has 1 aromatic carbocycles. The number of rotatable bonds is 8. The van der Waals surface area contributed by atoms with Gasteiger partial charge in [-0.2, -0.15) is 0 Å². The van der Waals surface area contributed by atoms with Gasteiger partial charge >= 0.3 is 11.9 Å². The molecule has 26 heavy (non-hydrogen) atoms. The van der Waals surface area contributed by atoms with Gasteiger partial charge in [-0.05, 0) is 63.3 Å². The normalized spacial score (nSPS) is 19.9. The number of unbranched alkanes of at least 4 members (excludes halogenated alkanes) is 1. The first-order valence-electron chi connectivity index (χ1n) is 9.40. The number of allylic oxidation sites excluding steroid dienone is 1. The molecule has 0 atom stereocenters. The molecule has 5 nitrogen and oxygen atoms in total. The van der Waals surface area contributed by atoms with Gasteiger partial charge in [-0.25, -0.2) is 4.79 Å². The van der Waals surface area contributed by atoms with E-state index in [1.54, 1.807) is 25.1 Å². The molecule has 0 radical (unpaired) electrons. The lowest BCUT2D eigenvalue weighted by molar-refractivity contribution is -0.147. The second-order valence-corrected chi connectivity index (χ2v) is 6.51. The van der Waals surface area contributed by atoms with Crippen LogP contribution in [0.25, 0.3) is 0 Å². The van der Waals surface area contributed by atoms with E-state index >= 15 is 0 Å². The summed E-state index contributed by atoms with van der Waals surface area (Å²) in [7, 11) is 0. The van der Waals surface area contributed by atoms with Gasteiger partial charge in [0.1, 0.15) is 17.6 Å². The van der Waals surface area contributed by atoms with Gasteiger partial charge in [-0.3, -0.25) is 4.79 Å². The molecule has 0 spiro atoms. The minimum atomic E-state index is -0.320. The van der Waals surface area contributed by atoms with Gasteiger partial charge in [0.25, 0.3) is 0 Å². The predicted molar refractivity (Wildman–Crippen MR) is 99.1 cm³/mol. The molecular formula is C21H28O5. The molecule has 142 valence electrons. The summed E-state index contributed by atoms with van der Waals surface area (Å²) in [6, 6.07) is 7.14. The highest BCUT2D eigenvalue weighted by Gasteiger charge is 2.29. The SMILES string of the molecule is C/C=C/C(=O)OC1CCC(C(=O)Oc2ccc(OCCCC)cc2)CC1. The zero-order valence-electron chi connectivity index (χ0n) is 15.6. The highest BCUT2D eigenvalue weighted by Crippen LogP contribution is 2.28. The standard InChI is InChI=1S/C21H28O5/c1-3-5-15-24-17-11-13-19(14-12-17)26-21(23)16-7-9-18(10-8-16)25-20(22)6-4-2/h4,6,11-14,16,18H,3,5,7-10,15H2,1-2H3/b6-4+. The lowest BCUT2D eigenvalue weighted by Crippen LogP contribution is -2.29. The van der Waals surface area contributed by atoms with Gasteiger partial charge in [0.15, 0.2) is 0 Å². The van der Waals surface area contributed by atoms with Gasteiger partial charge in [-0.15, -0.1) is 0 Å². The fourth-order valence-electron chi connectivity index (χ4n) is 2.89. The topological polar surface area (TPSA) is 61.8 Å². The van der Waals surface area contributed by atoms with E-state index in [1.807, 2.05) is 12.1 Å². The Morgan fingerprint density at radius 1 is 1.08 bits per heavy atom. The molecule has 1 aromatic rings. The lowest BCUT2D eigenvalue weighted by Gasteiger charge is -2.26. The van der Waals surface area contributed by atoms with Crippen LogP contribution in [0, 0.1) is 5.92 Å². The highest BCUT2D eigenvalue weighted by molar-refractivity contribution is 5.82. The molecule has 1 saturated carbocycles. The molecule has 5 heteroatoms. The summed E-state index contributed by atoms with van der Waals surface area (Å²) in [5.74, 6) is 0.621. The Morgan fingerprint density at radius 3 is 2.35 bits per heavy atom. The smallest absolute Gasteiger partial charge is 0.330 e. The van der Waals surface area contributed by atoms with Gasteiger partial charge in [0, 0.05) is 6.08 Å². The van der Waals surface area contributed by atoms with Crippen molar-refractivity contribution in [1.29, 1.82) is 0 Å². The molecule has 0 N–H and O–H groups in total. The van der Waals surface area contributed by atoms with Crippen LogP contribution in [-0.4, -0.2) is 24.6 Å². The van der Waals surface area contributed by atoms with E-state index in [-0.39, 0.29) is 24.0 Å². The molecular weight excluding hydrogens is 332 g/mol. The van der Waals surface area contributed by atoms with Gasteiger partial charge in [0.05, 0.1) is 12.5 Å². The van der Waals surface area contributed by atoms with Gasteiger partial charge in [0.2, 0.25) is 0 Å². The number of carbonyl (C=O) groups is 2. The Bertz CT molecular complexity index is 597. The molecule has 0 unspecified atom stereocenters. The van der Waals surface area contributed by atoms with Crippen molar-refractivity contribution in [1.82, 2.24) is 0 Å². The zero-order valence-corrected chi connectivity index (χ0v) is 15.6. The van der Waals surface area contributed by atoms with Crippen LogP contribution in [0.15, 0.2) is 36.4 Å². The van der Waals surface area contributed by atoms with E-state index in [0.717, 1.165) is 18.6 Å². The molecule has 2 rings (SSSR count). The summed E-state index contributed by atoms with van der Waals surface area (Å²) in [4.78, 5) is 23.8. The maximum Gasteiger partial charge on any atom is 0.330 e. The van der Waals surface area contributed by atoms with Crippen LogP contribution in [0.2, 0.25) is 0 Å². The van der Waals surface area contributed by atoms with E-state index in [0.29, 0.717) is 38.0 Å². The van der Waals surface area contributed by atoms with Crippen LogP contribution in [-0.2, 0) is 14.3 Å². The van der Waals surface area contributed by atoms with Crippen molar-refractivity contribution in [2.45, 2.75) is 58.5 Å². The number of ether oxygens (including phenoxy) is 3. The predicted octanol–water partition coefficient (Wildman–Crippen LogP) is 4.45. The monoisotopic (exact) mass is 360 g/mol. The Hall–Kier alpha value is -2.30. The molecule has 1 fully saturated rings. The summed E-state index contributed by atoms with van der Waals surface area (Å²) < 4.78 is 16.4. The molecule has 1 aliphatic carbocycles. The van der Waals surface area contributed by atoms with Crippen LogP contribution >= 0.6 is 0 Å². The van der Waals surface area contributed by atoms with Crippen molar-refractivity contribution >= 4 is 11.9 Å². The molecule has 0 saturated heterocycles. The third-order valence-corrected chi connectivity index (χ3v) is 4.40. The molecule has 0 bridgehead atoms. The van der Waals surface area contributed by atoms with E-state index in [1.165, 1.54) is 6.08 Å². The fourth-order valence-corrected chi connectivity index (χ4v) is 2.89. The molecule has 0 aromatic heterocycles. The van der Waals surface area contributed by atoms with Crippen molar-refractivity contribution in [3.63, 3.8) is 0 Å². The van der Waals surface area contributed by atoms with Crippen LogP contribution in [0.1, 0.15) is 52.4 Å². The first kappa shape index (κ1) is 20.0. The van der Waals surface area contributed by atoms with E-state index in [9.17, 15) is 9.59 Å². The minimum Gasteiger partial charge on any atom is -0.494 e. The first-order chi connectivity index (χ1) is 12.6. The van der Waals surface area contributed by atoms with Crippen molar-refractivity contribution in [3.05, 3.63) is 36.4 Å². The molecule has 1 aliphatic rings. The Morgan fingerprint density at radius 2 is 1.73 bits per heavy atom. The Kier molecular flexibility index (Phi) is 8.19. The lowest BCUT2D eigenvalue weighted by atomic mass is 9.87. The molecule has 0 heterocycles. The second kappa shape index (κ2) is 10.6. The number of hydrogen-bond donors (Lipinski definition) is 0. The maximum atomic E-state index is 12.3. The minimum absolute atomic E-state index is 0.109. The van der Waals surface area contributed by atoms with Crippen molar-refractivity contribution < 1.29 is 23.8 Å². The van der Waals surface area contributed by atoms with Crippen molar-refractivity contribution in [2.75, 3.05) is 6.61 Å². The highest BCUT2D eigenvalue weighted by atomic mass is 16.5. The summed E-state index contributed by atoms with van der Waals surface area (Å²) in [5, 5.41) is 0. The van der Waals surface area contributed by atoms with Crippen LogP contribution in [0.4, 0.5) is 0 Å². The largest absolute Gasteiger partial charge is 0.494 e. The third kappa shape index (κ3) is 6.54. The Balaban J connectivity index is 1.75. The number of hydrogen-bond acceptors (Lipinski definition) is 5. The number of esters is 2. The average molecular weight is 360 g/mol. The van der Waals surface area contributed by atoms with Crippen LogP contribution in [0.3, 0.4) is 0 Å². The van der Waals surface area contributed by atoms with Crippen LogP contribution < -0.4 is 9.47 Å². The van der Waals surface area contributed by atoms with Gasteiger partial charge < -0.3 is 14.2 Å². The van der Waals surface area contributed by atoms with E-state index in [4.69, 9.17) is 14.2 Å². The number of benzene rings is 1. The molecule has 0 amide bonds. The zero-order chi connectivity index (χ0) is 18.8. The van der Waals surface area contributed by atoms with Gasteiger partial charge in [-0.1, -0.05) is 19.4 Å². The third-order valence-electron chi connectivity index (χ3n) is 4.40. The maximum absolute atomic E-state index is 12.3. The number of carbonyl (C=O) groups excluding carboxylic acids is 2. The summed E-state index contributed by atoms with van der Waals surface area (Å²) in [6.07, 6.45) is 7.79. The van der Waals surface area contributed by atoms with E-state index in [2.05, 4.69) is 6.92 Å². The van der Waals surface area contributed by atoms with Crippen LogP contribution in [0.5, 0.6) is 11.5 Å². The second-order valence-electron chi connectivity index (χ2n) is 6.51. The summed E-state index contributed by atoms with van der Waals surface area (Å²) in [6.45, 7) is 4.58. The quantitative estimate of drug-likeness (QED) is 0.297. The van der Waals surface area contributed by atoms with Crippen molar-refractivity contribution in [2.24, 2.45) is 5.92 Å². The summed E-state index contributed by atoms with van der Waals surface area (Å²) >= 11 is 0. The summed E-state index contributed by atoms with van der Waals surface area (Å²) in [5.41, 5.74) is 0. The van der Waals surface area contributed by atoms with Crippen molar-refractivity contribution in [3.8, 4) is 11.5 Å².